The van der Waals surface area contributed by atoms with Gasteiger partial charge in [-0.15, -0.1) is 0 Å². The molecule has 1 atom stereocenters. The van der Waals surface area contributed by atoms with Gasteiger partial charge in [0.2, 0.25) is 5.91 Å². The molecule has 2 aliphatic heterocycles. The van der Waals surface area contributed by atoms with Gasteiger partial charge in [-0.1, -0.05) is 6.42 Å². The molecule has 3 rings (SSSR count). The Morgan fingerprint density at radius 1 is 1.26 bits per heavy atom. The molecule has 2 saturated heterocycles. The fourth-order valence-corrected chi connectivity index (χ4v) is 3.69. The highest BCUT2D eigenvalue weighted by Gasteiger charge is 2.45. The van der Waals surface area contributed by atoms with E-state index in [1.165, 1.54) is 6.42 Å². The van der Waals surface area contributed by atoms with Gasteiger partial charge in [-0.2, -0.15) is 0 Å². The average Bonchev–Trinajstić information content (AvgIpc) is 2.25. The monoisotopic (exact) mass is 267 g/mol. The number of nitrogens with zero attached hydrogens (tertiary/aromatic N) is 1. The lowest BCUT2D eigenvalue weighted by Crippen LogP contribution is -2.55. The van der Waals surface area contributed by atoms with Gasteiger partial charge in [0.15, 0.2) is 0 Å². The number of amides is 1. The molecule has 1 amide bonds. The molecule has 0 aromatic carbocycles. The number of piperidine rings is 1. The smallest absolute Gasteiger partial charge is 0.225 e. The second-order valence-electron chi connectivity index (χ2n) is 6.91. The third kappa shape index (κ3) is 2.65. The first-order valence-corrected chi connectivity index (χ1v) is 7.65. The fraction of sp³-hybridized carbons (Fsp3) is 0.933. The number of hydrogen-bond acceptors (Lipinski definition) is 3. The van der Waals surface area contributed by atoms with E-state index in [2.05, 4.69) is 0 Å². The molecule has 2 heterocycles. The number of ether oxygens (including phenoxy) is 1. The lowest BCUT2D eigenvalue weighted by molar-refractivity contribution is -0.176. The highest BCUT2D eigenvalue weighted by Crippen LogP contribution is 2.40. The maximum atomic E-state index is 12.2. The number of rotatable bonds is 1. The van der Waals surface area contributed by atoms with Crippen LogP contribution in [0.15, 0.2) is 0 Å². The van der Waals surface area contributed by atoms with Gasteiger partial charge in [-0.25, -0.2) is 0 Å². The molecule has 3 aliphatic rings. The minimum atomic E-state index is -0.599. The Kier molecular flexibility index (Phi) is 3.34. The van der Waals surface area contributed by atoms with Crippen LogP contribution in [0, 0.1) is 5.92 Å². The van der Waals surface area contributed by atoms with Crippen molar-refractivity contribution in [2.24, 2.45) is 5.92 Å². The number of aliphatic hydroxyl groups is 1. The molecule has 0 aromatic heterocycles. The summed E-state index contributed by atoms with van der Waals surface area (Å²) in [7, 11) is 0. The minimum absolute atomic E-state index is 0.182. The van der Waals surface area contributed by atoms with E-state index in [0.29, 0.717) is 24.9 Å². The van der Waals surface area contributed by atoms with Crippen LogP contribution in [0.4, 0.5) is 0 Å². The van der Waals surface area contributed by atoms with Crippen molar-refractivity contribution in [3.8, 4) is 0 Å². The first-order valence-electron chi connectivity index (χ1n) is 7.65. The topological polar surface area (TPSA) is 49.8 Å². The SMILES string of the molecule is CC1(O)CCOC2(CCN(C(=O)C3CCC3)CC2)C1. The quantitative estimate of drug-likeness (QED) is 0.787. The highest BCUT2D eigenvalue weighted by atomic mass is 16.5. The standard InChI is InChI=1S/C15H25NO3/c1-14(18)7-10-19-15(11-14)5-8-16(9-6-15)13(17)12-3-2-4-12/h12,18H,2-11H2,1H3. The molecular formula is C15H25NO3. The maximum absolute atomic E-state index is 12.2. The van der Waals surface area contributed by atoms with Crippen molar-refractivity contribution in [2.75, 3.05) is 19.7 Å². The third-order valence-electron chi connectivity index (χ3n) is 5.19. The zero-order valence-corrected chi connectivity index (χ0v) is 11.9. The lowest BCUT2D eigenvalue weighted by atomic mass is 9.77. The van der Waals surface area contributed by atoms with Crippen LogP contribution in [0.3, 0.4) is 0 Å². The molecular weight excluding hydrogens is 242 g/mol. The number of hydrogen-bond donors (Lipinski definition) is 1. The van der Waals surface area contributed by atoms with Crippen molar-refractivity contribution < 1.29 is 14.6 Å². The molecule has 1 unspecified atom stereocenters. The molecule has 4 heteroatoms. The van der Waals surface area contributed by atoms with Crippen LogP contribution in [0.2, 0.25) is 0 Å². The Labute approximate surface area is 115 Å². The van der Waals surface area contributed by atoms with Crippen LogP contribution in [-0.2, 0) is 9.53 Å². The molecule has 3 fully saturated rings. The van der Waals surface area contributed by atoms with Crippen molar-refractivity contribution in [2.45, 2.75) is 63.1 Å². The van der Waals surface area contributed by atoms with E-state index in [1.54, 1.807) is 0 Å². The summed E-state index contributed by atoms with van der Waals surface area (Å²) in [6.45, 7) is 4.14. The van der Waals surface area contributed by atoms with Crippen molar-refractivity contribution in [3.05, 3.63) is 0 Å². The van der Waals surface area contributed by atoms with Gasteiger partial charge in [0.1, 0.15) is 0 Å². The van der Waals surface area contributed by atoms with Crippen LogP contribution in [0.25, 0.3) is 0 Å². The van der Waals surface area contributed by atoms with Crippen LogP contribution in [-0.4, -0.2) is 46.8 Å². The predicted octanol–water partition coefficient (Wildman–Crippen LogP) is 1.71. The molecule has 0 bridgehead atoms. The summed E-state index contributed by atoms with van der Waals surface area (Å²) in [5.74, 6) is 0.646. The first-order chi connectivity index (χ1) is 9.00. The van der Waals surface area contributed by atoms with E-state index in [9.17, 15) is 9.90 Å². The van der Waals surface area contributed by atoms with Crippen molar-refractivity contribution >= 4 is 5.91 Å². The predicted molar refractivity (Wildman–Crippen MR) is 71.7 cm³/mol. The van der Waals surface area contributed by atoms with E-state index in [1.807, 2.05) is 11.8 Å². The van der Waals surface area contributed by atoms with Crippen molar-refractivity contribution in [1.82, 2.24) is 4.90 Å². The summed E-state index contributed by atoms with van der Waals surface area (Å²) < 4.78 is 5.97. The van der Waals surface area contributed by atoms with Crippen LogP contribution in [0.5, 0.6) is 0 Å². The Balaban J connectivity index is 1.58. The molecule has 4 nitrogen and oxygen atoms in total. The molecule has 0 aromatic rings. The summed E-state index contributed by atoms with van der Waals surface area (Å²) in [5, 5.41) is 10.2. The summed E-state index contributed by atoms with van der Waals surface area (Å²) in [6, 6.07) is 0. The van der Waals surface area contributed by atoms with E-state index < -0.39 is 5.60 Å². The van der Waals surface area contributed by atoms with E-state index >= 15 is 0 Å². The van der Waals surface area contributed by atoms with Crippen LogP contribution in [0.1, 0.15) is 51.9 Å². The normalized spacial score (nSPS) is 35.2. The van der Waals surface area contributed by atoms with Gasteiger partial charge in [0.25, 0.3) is 0 Å². The number of carbonyl (C=O) groups is 1. The molecule has 19 heavy (non-hydrogen) atoms. The molecule has 1 saturated carbocycles. The van der Waals surface area contributed by atoms with Crippen LogP contribution >= 0.6 is 0 Å². The fourth-order valence-electron chi connectivity index (χ4n) is 3.69. The van der Waals surface area contributed by atoms with Crippen molar-refractivity contribution in [3.63, 3.8) is 0 Å². The highest BCUT2D eigenvalue weighted by molar-refractivity contribution is 5.79. The van der Waals surface area contributed by atoms with Crippen LogP contribution < -0.4 is 0 Å². The molecule has 1 aliphatic carbocycles. The first kappa shape index (κ1) is 13.4. The second-order valence-corrected chi connectivity index (χ2v) is 6.91. The summed E-state index contributed by atoms with van der Waals surface area (Å²) in [5.41, 5.74) is -0.781. The summed E-state index contributed by atoms with van der Waals surface area (Å²) in [6.07, 6.45) is 6.55. The van der Waals surface area contributed by atoms with Gasteiger partial charge in [-0.05, 0) is 39.0 Å². The molecule has 1 N–H and O–H groups in total. The average molecular weight is 267 g/mol. The molecule has 1 spiro atoms. The largest absolute Gasteiger partial charge is 0.390 e. The van der Waals surface area contributed by atoms with E-state index in [-0.39, 0.29) is 5.60 Å². The molecule has 108 valence electrons. The minimum Gasteiger partial charge on any atom is -0.390 e. The summed E-state index contributed by atoms with van der Waals surface area (Å²) >= 11 is 0. The van der Waals surface area contributed by atoms with Gasteiger partial charge in [-0.3, -0.25) is 4.79 Å². The zero-order chi connectivity index (χ0) is 13.5. The molecule has 0 radical (unpaired) electrons. The number of likely N-dealkylation sites (tertiary alicyclic amines) is 1. The van der Waals surface area contributed by atoms with Gasteiger partial charge in [0.05, 0.1) is 17.8 Å². The second kappa shape index (κ2) is 4.74. The Morgan fingerprint density at radius 3 is 2.47 bits per heavy atom. The van der Waals surface area contributed by atoms with Gasteiger partial charge < -0.3 is 14.7 Å². The van der Waals surface area contributed by atoms with E-state index in [0.717, 1.165) is 45.2 Å². The zero-order valence-electron chi connectivity index (χ0n) is 11.9. The Hall–Kier alpha value is -0.610. The van der Waals surface area contributed by atoms with Gasteiger partial charge in [0, 0.05) is 25.4 Å². The number of carbonyl (C=O) groups excluding carboxylic acids is 1. The van der Waals surface area contributed by atoms with Gasteiger partial charge >= 0.3 is 0 Å². The Bertz CT molecular complexity index is 354. The maximum Gasteiger partial charge on any atom is 0.225 e. The Morgan fingerprint density at radius 2 is 1.95 bits per heavy atom. The van der Waals surface area contributed by atoms with E-state index in [4.69, 9.17) is 4.74 Å². The third-order valence-corrected chi connectivity index (χ3v) is 5.19. The lowest BCUT2D eigenvalue weighted by Gasteiger charge is -2.48. The summed E-state index contributed by atoms with van der Waals surface area (Å²) in [4.78, 5) is 14.2. The van der Waals surface area contributed by atoms with Crippen molar-refractivity contribution in [1.29, 1.82) is 0 Å².